The number of nitrogens with zero attached hydrogens (tertiary/aromatic N) is 4. The van der Waals surface area contributed by atoms with Crippen LogP contribution in [0, 0.1) is 18.8 Å². The van der Waals surface area contributed by atoms with E-state index in [4.69, 9.17) is 9.72 Å². The summed E-state index contributed by atoms with van der Waals surface area (Å²) in [7, 11) is 0. The lowest BCUT2D eigenvalue weighted by Gasteiger charge is -2.35. The van der Waals surface area contributed by atoms with Gasteiger partial charge in [0.15, 0.2) is 5.82 Å². The minimum absolute atomic E-state index is 0.110. The number of amides is 1. The van der Waals surface area contributed by atoms with Crippen LogP contribution in [0.3, 0.4) is 0 Å². The number of aromatic nitrogens is 2. The van der Waals surface area contributed by atoms with Gasteiger partial charge in [0.1, 0.15) is 11.4 Å². The second-order valence-electron chi connectivity index (χ2n) is 10.8. The van der Waals surface area contributed by atoms with Crippen LogP contribution < -0.4 is 4.90 Å². The number of anilines is 1. The van der Waals surface area contributed by atoms with E-state index in [1.807, 2.05) is 19.1 Å². The van der Waals surface area contributed by atoms with Gasteiger partial charge in [-0.15, -0.1) is 0 Å². The zero-order valence-electron chi connectivity index (χ0n) is 23.0. The molecular formula is C32H38N4O3. The number of piperidine rings is 2. The van der Waals surface area contributed by atoms with Crippen molar-refractivity contribution in [3.05, 3.63) is 77.5 Å². The summed E-state index contributed by atoms with van der Waals surface area (Å²) in [6, 6.07) is 18.8. The Morgan fingerprint density at radius 2 is 1.79 bits per heavy atom. The molecule has 204 valence electrons. The Morgan fingerprint density at radius 3 is 2.54 bits per heavy atom. The Balaban J connectivity index is 1.39. The van der Waals surface area contributed by atoms with Gasteiger partial charge < -0.3 is 14.5 Å². The predicted octanol–water partition coefficient (Wildman–Crippen LogP) is 5.33. The Bertz CT molecular complexity index is 1290. The second kappa shape index (κ2) is 12.4. The summed E-state index contributed by atoms with van der Waals surface area (Å²) in [5.41, 5.74) is 3.96. The van der Waals surface area contributed by atoms with E-state index < -0.39 is 0 Å². The average Bonchev–Trinajstić information content (AvgIpc) is 2.98. The minimum Gasteiger partial charge on any atom is -0.466 e. The normalized spacial score (nSPS) is 18.2. The molecular weight excluding hydrogens is 488 g/mol. The molecule has 0 radical (unpaired) electrons. The Hall–Kier alpha value is -3.74. The van der Waals surface area contributed by atoms with Crippen molar-refractivity contribution in [3.8, 4) is 11.4 Å². The summed E-state index contributed by atoms with van der Waals surface area (Å²) >= 11 is 0. The van der Waals surface area contributed by atoms with Crippen LogP contribution in [0.25, 0.3) is 11.4 Å². The molecule has 3 heterocycles. The van der Waals surface area contributed by atoms with E-state index >= 15 is 0 Å². The van der Waals surface area contributed by atoms with Gasteiger partial charge >= 0.3 is 5.97 Å². The van der Waals surface area contributed by atoms with Gasteiger partial charge in [-0.25, -0.2) is 9.97 Å². The fraction of sp³-hybridized carbons (Fsp3) is 0.438. The highest BCUT2D eigenvalue weighted by Crippen LogP contribution is 2.30. The van der Waals surface area contributed by atoms with E-state index in [9.17, 15) is 9.59 Å². The van der Waals surface area contributed by atoms with Crippen molar-refractivity contribution in [1.82, 2.24) is 14.9 Å². The molecule has 1 atom stereocenters. The topological polar surface area (TPSA) is 75.6 Å². The van der Waals surface area contributed by atoms with Gasteiger partial charge in [-0.1, -0.05) is 54.1 Å². The molecule has 2 fully saturated rings. The number of aryl methyl sites for hydroxylation is 1. The lowest BCUT2D eigenvalue weighted by molar-refractivity contribution is -0.149. The zero-order valence-corrected chi connectivity index (χ0v) is 23.0. The molecule has 0 unspecified atom stereocenters. The molecule has 3 aromatic rings. The zero-order chi connectivity index (χ0) is 27.2. The van der Waals surface area contributed by atoms with Gasteiger partial charge in [0.25, 0.3) is 5.91 Å². The molecule has 0 aliphatic carbocycles. The summed E-state index contributed by atoms with van der Waals surface area (Å²) in [4.78, 5) is 39.9. The lowest BCUT2D eigenvalue weighted by Crippen LogP contribution is -2.44. The minimum atomic E-state index is -0.285. The molecule has 1 amide bonds. The number of hydrogen-bond acceptors (Lipinski definition) is 6. The Morgan fingerprint density at radius 1 is 1.00 bits per heavy atom. The number of ether oxygens (including phenoxy) is 1. The third-order valence-electron chi connectivity index (χ3n) is 7.89. The Kier molecular flexibility index (Phi) is 8.54. The van der Waals surface area contributed by atoms with Crippen molar-refractivity contribution in [2.45, 2.75) is 46.0 Å². The van der Waals surface area contributed by atoms with Gasteiger partial charge in [-0.3, -0.25) is 9.59 Å². The third-order valence-corrected chi connectivity index (χ3v) is 7.89. The monoisotopic (exact) mass is 526 g/mol. The van der Waals surface area contributed by atoms with E-state index in [0.29, 0.717) is 42.8 Å². The van der Waals surface area contributed by atoms with E-state index in [1.54, 1.807) is 11.1 Å². The van der Waals surface area contributed by atoms with Crippen LogP contribution in [0.4, 0.5) is 5.82 Å². The summed E-state index contributed by atoms with van der Waals surface area (Å²) in [6.45, 7) is 6.88. The standard InChI is InChI=1S/C32H38N4O3/c1-3-39-32(38)27-13-8-16-36(22-27)31(37)28-21-33-29(26-12-7-9-23(2)19-26)34-30(28)35-17-14-25(15-18-35)20-24-10-5-4-6-11-24/h4-7,9-12,19,21,25,27H,3,8,13-18,20,22H2,1-2H3/t27-/m1/s1. The van der Waals surface area contributed by atoms with Crippen molar-refractivity contribution >= 4 is 17.7 Å². The van der Waals surface area contributed by atoms with Crippen LogP contribution >= 0.6 is 0 Å². The van der Waals surface area contributed by atoms with Crippen molar-refractivity contribution in [2.24, 2.45) is 11.8 Å². The van der Waals surface area contributed by atoms with Crippen LogP contribution in [0.1, 0.15) is 54.1 Å². The highest BCUT2D eigenvalue weighted by Gasteiger charge is 2.33. The highest BCUT2D eigenvalue weighted by molar-refractivity contribution is 5.99. The molecule has 2 aliphatic heterocycles. The number of rotatable bonds is 7. The van der Waals surface area contributed by atoms with Crippen LogP contribution in [0.15, 0.2) is 60.8 Å². The molecule has 5 rings (SSSR count). The number of carbonyl (C=O) groups excluding carboxylic acids is 2. The van der Waals surface area contributed by atoms with E-state index in [-0.39, 0.29) is 17.8 Å². The first-order valence-corrected chi connectivity index (χ1v) is 14.2. The van der Waals surface area contributed by atoms with E-state index in [1.165, 1.54) is 5.56 Å². The molecule has 7 heteroatoms. The number of likely N-dealkylation sites (tertiary alicyclic amines) is 1. The second-order valence-corrected chi connectivity index (χ2v) is 10.8. The quantitative estimate of drug-likeness (QED) is 0.388. The molecule has 7 nitrogen and oxygen atoms in total. The van der Waals surface area contributed by atoms with Crippen molar-refractivity contribution in [2.75, 3.05) is 37.7 Å². The number of carbonyl (C=O) groups is 2. The molecule has 0 saturated carbocycles. The average molecular weight is 527 g/mol. The summed E-state index contributed by atoms with van der Waals surface area (Å²) < 4.78 is 5.25. The molecule has 2 aromatic carbocycles. The van der Waals surface area contributed by atoms with Crippen molar-refractivity contribution in [1.29, 1.82) is 0 Å². The molecule has 0 N–H and O–H groups in total. The molecule has 2 aliphatic rings. The summed E-state index contributed by atoms with van der Waals surface area (Å²) in [5.74, 6) is 1.31. The first kappa shape index (κ1) is 26.9. The smallest absolute Gasteiger partial charge is 0.310 e. The van der Waals surface area contributed by atoms with Crippen molar-refractivity contribution in [3.63, 3.8) is 0 Å². The molecule has 0 bridgehead atoms. The molecule has 2 saturated heterocycles. The molecule has 1 aromatic heterocycles. The third kappa shape index (κ3) is 6.47. The SMILES string of the molecule is CCOC(=O)[C@@H]1CCCN(C(=O)c2cnc(-c3cccc(C)c3)nc2N2CCC(Cc3ccccc3)CC2)C1. The number of hydrogen-bond donors (Lipinski definition) is 0. The first-order valence-electron chi connectivity index (χ1n) is 14.2. The fourth-order valence-electron chi connectivity index (χ4n) is 5.77. The molecule has 0 spiro atoms. The van der Waals surface area contributed by atoms with Gasteiger partial charge in [-0.2, -0.15) is 0 Å². The number of benzene rings is 2. The van der Waals surface area contributed by atoms with Gasteiger partial charge in [0.05, 0.1) is 12.5 Å². The maximum atomic E-state index is 13.9. The fourth-order valence-corrected chi connectivity index (χ4v) is 5.77. The maximum Gasteiger partial charge on any atom is 0.310 e. The van der Waals surface area contributed by atoms with Gasteiger partial charge in [0.2, 0.25) is 0 Å². The lowest BCUT2D eigenvalue weighted by atomic mass is 9.90. The van der Waals surface area contributed by atoms with Crippen LogP contribution in [-0.2, 0) is 16.0 Å². The van der Waals surface area contributed by atoms with E-state index in [0.717, 1.165) is 56.3 Å². The number of esters is 1. The molecule has 39 heavy (non-hydrogen) atoms. The van der Waals surface area contributed by atoms with Crippen LogP contribution in [0.5, 0.6) is 0 Å². The highest BCUT2D eigenvalue weighted by atomic mass is 16.5. The first-order chi connectivity index (χ1) is 19.0. The Labute approximate surface area is 231 Å². The van der Waals surface area contributed by atoms with Gasteiger partial charge in [-0.05, 0) is 63.5 Å². The summed E-state index contributed by atoms with van der Waals surface area (Å²) in [5, 5.41) is 0. The van der Waals surface area contributed by atoms with E-state index in [2.05, 4.69) is 59.3 Å². The summed E-state index contributed by atoms with van der Waals surface area (Å²) in [6.07, 6.45) is 6.36. The maximum absolute atomic E-state index is 13.9. The largest absolute Gasteiger partial charge is 0.466 e. The van der Waals surface area contributed by atoms with Gasteiger partial charge in [0, 0.05) is 37.9 Å². The predicted molar refractivity (Wildman–Crippen MR) is 153 cm³/mol. The van der Waals surface area contributed by atoms with Crippen molar-refractivity contribution < 1.29 is 14.3 Å². The van der Waals surface area contributed by atoms with Crippen LogP contribution in [-0.4, -0.2) is 59.5 Å². The van der Waals surface area contributed by atoms with Crippen LogP contribution in [0.2, 0.25) is 0 Å².